The van der Waals surface area contributed by atoms with Crippen LogP contribution >= 0.6 is 0 Å². The second-order valence-corrected chi connectivity index (χ2v) is 2.65. The van der Waals surface area contributed by atoms with Crippen LogP contribution in [0.3, 0.4) is 0 Å². The molecular formula is C9H14BN. The van der Waals surface area contributed by atoms with Crippen LogP contribution in [0, 0.1) is 0 Å². The minimum Gasteiger partial charge on any atom is -0.385 e. The van der Waals surface area contributed by atoms with Crippen LogP contribution in [-0.2, 0) is 0 Å². The lowest BCUT2D eigenvalue weighted by atomic mass is 10.0. The summed E-state index contributed by atoms with van der Waals surface area (Å²) in [6.45, 7) is 1.08. The van der Waals surface area contributed by atoms with Gasteiger partial charge >= 0.3 is 0 Å². The van der Waals surface area contributed by atoms with E-state index in [4.69, 9.17) is 0 Å². The number of hydrogen-bond acceptors (Lipinski definition) is 1. The highest BCUT2D eigenvalue weighted by Crippen LogP contribution is 2.04. The van der Waals surface area contributed by atoms with E-state index in [2.05, 4.69) is 25.3 Å². The molecule has 1 nitrogen and oxygen atoms in total. The molecule has 1 rings (SSSR count). The molecule has 0 aromatic heterocycles. The van der Waals surface area contributed by atoms with Gasteiger partial charge in [-0.1, -0.05) is 24.5 Å². The minimum atomic E-state index is 1.08. The maximum atomic E-state index is 3.35. The monoisotopic (exact) mass is 147 g/mol. The van der Waals surface area contributed by atoms with Crippen LogP contribution in [0.5, 0.6) is 0 Å². The first-order valence-corrected chi connectivity index (χ1v) is 4.22. The van der Waals surface area contributed by atoms with Crippen molar-refractivity contribution >= 4 is 13.5 Å². The standard InChI is InChI=1S/C9H14BN/c10-7-4-8-11-9-5-2-1-3-6-9/h1-3,5-6,11H,4,7-8,10H2. The third kappa shape index (κ3) is 3.12. The summed E-state index contributed by atoms with van der Waals surface area (Å²) in [5.74, 6) is 0. The Bertz CT molecular complexity index is 186. The second-order valence-electron chi connectivity index (χ2n) is 2.65. The van der Waals surface area contributed by atoms with Gasteiger partial charge in [-0.15, -0.1) is 0 Å². The van der Waals surface area contributed by atoms with Crippen LogP contribution in [-0.4, -0.2) is 14.4 Å². The molecule has 2 heteroatoms. The lowest BCUT2D eigenvalue weighted by Crippen LogP contribution is -2.00. The Morgan fingerprint density at radius 2 is 1.91 bits per heavy atom. The zero-order valence-corrected chi connectivity index (χ0v) is 7.01. The first-order chi connectivity index (χ1) is 5.43. The van der Waals surface area contributed by atoms with Gasteiger partial charge in [-0.2, -0.15) is 0 Å². The van der Waals surface area contributed by atoms with E-state index in [-0.39, 0.29) is 0 Å². The summed E-state index contributed by atoms with van der Waals surface area (Å²) in [4.78, 5) is 0. The molecule has 0 radical (unpaired) electrons. The van der Waals surface area contributed by atoms with Crippen LogP contribution in [0.2, 0.25) is 6.32 Å². The molecule has 0 aliphatic heterocycles. The van der Waals surface area contributed by atoms with Crippen LogP contribution < -0.4 is 5.32 Å². The van der Waals surface area contributed by atoms with Gasteiger partial charge in [0.2, 0.25) is 0 Å². The van der Waals surface area contributed by atoms with Crippen molar-refractivity contribution in [3.8, 4) is 0 Å². The van der Waals surface area contributed by atoms with Crippen molar-refractivity contribution in [1.82, 2.24) is 0 Å². The highest BCUT2D eigenvalue weighted by atomic mass is 14.9. The Labute approximate surface area is 69.2 Å². The molecular weight excluding hydrogens is 133 g/mol. The number of nitrogens with one attached hydrogen (secondary N) is 1. The molecule has 0 spiro atoms. The van der Waals surface area contributed by atoms with Gasteiger partial charge in [0.15, 0.2) is 0 Å². The quantitative estimate of drug-likeness (QED) is 0.503. The van der Waals surface area contributed by atoms with E-state index in [1.54, 1.807) is 0 Å². The molecule has 58 valence electrons. The zero-order chi connectivity index (χ0) is 7.94. The molecule has 0 heterocycles. The topological polar surface area (TPSA) is 12.0 Å². The molecule has 0 saturated heterocycles. The minimum absolute atomic E-state index is 1.08. The van der Waals surface area contributed by atoms with Gasteiger partial charge in [-0.25, -0.2) is 0 Å². The SMILES string of the molecule is BCCCNc1ccccc1. The van der Waals surface area contributed by atoms with Crippen molar-refractivity contribution in [1.29, 1.82) is 0 Å². The van der Waals surface area contributed by atoms with Gasteiger partial charge in [0.25, 0.3) is 0 Å². The van der Waals surface area contributed by atoms with Crippen LogP contribution in [0.1, 0.15) is 6.42 Å². The predicted octanol–water partition coefficient (Wildman–Crippen LogP) is 1.54. The van der Waals surface area contributed by atoms with Crippen LogP contribution in [0.15, 0.2) is 30.3 Å². The Morgan fingerprint density at radius 1 is 1.18 bits per heavy atom. The normalized spacial score (nSPS) is 9.45. The summed E-state index contributed by atoms with van der Waals surface area (Å²) in [6.07, 6.45) is 2.49. The number of anilines is 1. The maximum Gasteiger partial charge on any atom is 0.101 e. The van der Waals surface area contributed by atoms with Crippen molar-refractivity contribution in [2.24, 2.45) is 0 Å². The summed E-state index contributed by atoms with van der Waals surface area (Å²) in [5, 5.41) is 3.35. The molecule has 1 aromatic rings. The highest BCUT2D eigenvalue weighted by molar-refractivity contribution is 6.08. The molecule has 0 bridgehead atoms. The van der Waals surface area contributed by atoms with Gasteiger partial charge < -0.3 is 5.32 Å². The van der Waals surface area contributed by atoms with E-state index in [9.17, 15) is 0 Å². The Kier molecular flexibility index (Phi) is 3.60. The largest absolute Gasteiger partial charge is 0.385 e. The van der Waals surface area contributed by atoms with E-state index >= 15 is 0 Å². The van der Waals surface area contributed by atoms with Gasteiger partial charge in [0.05, 0.1) is 0 Å². The first-order valence-electron chi connectivity index (χ1n) is 4.22. The van der Waals surface area contributed by atoms with Crippen LogP contribution in [0.4, 0.5) is 5.69 Å². The second kappa shape index (κ2) is 4.83. The van der Waals surface area contributed by atoms with Gasteiger partial charge in [-0.3, -0.25) is 0 Å². The van der Waals surface area contributed by atoms with Gasteiger partial charge in [0.1, 0.15) is 7.85 Å². The molecule has 0 fully saturated rings. The van der Waals surface area contributed by atoms with Crippen molar-refractivity contribution in [3.63, 3.8) is 0 Å². The molecule has 0 amide bonds. The fraction of sp³-hybridized carbons (Fsp3) is 0.333. The Morgan fingerprint density at radius 3 is 2.55 bits per heavy atom. The number of rotatable bonds is 4. The smallest absolute Gasteiger partial charge is 0.101 e. The third-order valence-corrected chi connectivity index (χ3v) is 1.63. The lowest BCUT2D eigenvalue weighted by molar-refractivity contribution is 0.976. The lowest BCUT2D eigenvalue weighted by Gasteiger charge is -2.03. The Hall–Kier alpha value is -0.915. The number of benzene rings is 1. The van der Waals surface area contributed by atoms with Crippen molar-refractivity contribution in [3.05, 3.63) is 30.3 Å². The van der Waals surface area contributed by atoms with Gasteiger partial charge in [0, 0.05) is 12.2 Å². The average Bonchev–Trinajstić information content (AvgIpc) is 2.07. The third-order valence-electron chi connectivity index (χ3n) is 1.63. The fourth-order valence-corrected chi connectivity index (χ4v) is 0.966. The molecule has 1 aromatic carbocycles. The number of hydrogen-bond donors (Lipinski definition) is 1. The summed E-state index contributed by atoms with van der Waals surface area (Å²) in [5.41, 5.74) is 1.22. The van der Waals surface area contributed by atoms with E-state index < -0.39 is 0 Å². The maximum absolute atomic E-state index is 3.35. The summed E-state index contributed by atoms with van der Waals surface area (Å²) in [7, 11) is 2.20. The molecule has 0 unspecified atom stereocenters. The molecule has 1 N–H and O–H groups in total. The average molecular weight is 147 g/mol. The zero-order valence-electron chi connectivity index (χ0n) is 7.01. The highest BCUT2D eigenvalue weighted by Gasteiger charge is 1.86. The molecule has 0 saturated carbocycles. The van der Waals surface area contributed by atoms with Crippen molar-refractivity contribution in [2.45, 2.75) is 12.7 Å². The van der Waals surface area contributed by atoms with Crippen molar-refractivity contribution < 1.29 is 0 Å². The molecule has 0 aliphatic rings. The van der Waals surface area contributed by atoms with Crippen molar-refractivity contribution in [2.75, 3.05) is 11.9 Å². The summed E-state index contributed by atoms with van der Waals surface area (Å²) >= 11 is 0. The summed E-state index contributed by atoms with van der Waals surface area (Å²) < 4.78 is 0. The first kappa shape index (κ1) is 8.18. The van der Waals surface area contributed by atoms with E-state index in [0.29, 0.717) is 0 Å². The summed E-state index contributed by atoms with van der Waals surface area (Å²) in [6, 6.07) is 10.3. The Balaban J connectivity index is 2.28. The molecule has 11 heavy (non-hydrogen) atoms. The fourth-order valence-electron chi connectivity index (χ4n) is 0.966. The van der Waals surface area contributed by atoms with E-state index in [1.807, 2.05) is 18.2 Å². The van der Waals surface area contributed by atoms with E-state index in [1.165, 1.54) is 18.4 Å². The van der Waals surface area contributed by atoms with E-state index in [0.717, 1.165) is 6.54 Å². The molecule has 0 aliphatic carbocycles. The van der Waals surface area contributed by atoms with Crippen LogP contribution in [0.25, 0.3) is 0 Å². The number of para-hydroxylation sites is 1. The predicted molar refractivity (Wildman–Crippen MR) is 52.9 cm³/mol. The molecule has 0 atom stereocenters. The van der Waals surface area contributed by atoms with Gasteiger partial charge in [-0.05, 0) is 18.6 Å².